The van der Waals surface area contributed by atoms with Gasteiger partial charge in [0.1, 0.15) is 4.90 Å². The second-order valence-electron chi connectivity index (χ2n) is 4.15. The molecule has 2 heterocycles. The molecule has 1 fully saturated rings. The van der Waals surface area contributed by atoms with Gasteiger partial charge in [-0.2, -0.15) is 4.31 Å². The second-order valence-corrected chi connectivity index (χ2v) is 6.97. The predicted octanol–water partition coefficient (Wildman–Crippen LogP) is -0.360. The molecule has 0 spiro atoms. The maximum atomic E-state index is 12.6. The van der Waals surface area contributed by atoms with Gasteiger partial charge in [0.25, 0.3) is 0 Å². The van der Waals surface area contributed by atoms with Gasteiger partial charge in [0.2, 0.25) is 15.9 Å². The largest absolute Gasteiger partial charge is 0.355 e. The summed E-state index contributed by atoms with van der Waals surface area (Å²) in [5, 5.41) is 2.63. The van der Waals surface area contributed by atoms with Crippen molar-refractivity contribution in [1.29, 1.82) is 0 Å². The molecule has 20 heavy (non-hydrogen) atoms. The fraction of sp³-hybridized carbons (Fsp3) is 0.400. The third kappa shape index (κ3) is 3.08. The number of hydrogen-bond acceptors (Lipinski definition) is 6. The summed E-state index contributed by atoms with van der Waals surface area (Å²) in [5.41, 5.74) is 2.27. The van der Waals surface area contributed by atoms with Crippen LogP contribution in [0.1, 0.15) is 6.42 Å². The predicted molar refractivity (Wildman–Crippen MR) is 76.1 cm³/mol. The van der Waals surface area contributed by atoms with Crippen LogP contribution in [0.4, 0.5) is 5.82 Å². The number of anilines is 1. The standard InChI is InChI=1S/C10H14BrN5O3S/c11-7-5-8(10(15-12)14-6-7)20(18,19)16-3-1-9(17)13-2-4-16/h5-6H,1-4,12H2,(H,13,17)(H,14,15). The van der Waals surface area contributed by atoms with Crippen LogP contribution in [0.5, 0.6) is 0 Å². The van der Waals surface area contributed by atoms with Gasteiger partial charge in [0.05, 0.1) is 0 Å². The van der Waals surface area contributed by atoms with E-state index >= 15 is 0 Å². The Balaban J connectivity index is 2.39. The average molecular weight is 364 g/mol. The first-order valence-electron chi connectivity index (χ1n) is 5.84. The molecule has 1 aliphatic heterocycles. The molecule has 0 bridgehead atoms. The van der Waals surface area contributed by atoms with E-state index in [9.17, 15) is 13.2 Å². The minimum Gasteiger partial charge on any atom is -0.355 e. The van der Waals surface area contributed by atoms with E-state index in [1.165, 1.54) is 16.6 Å². The molecule has 10 heteroatoms. The van der Waals surface area contributed by atoms with Gasteiger partial charge in [-0.1, -0.05) is 0 Å². The van der Waals surface area contributed by atoms with Crippen molar-refractivity contribution in [3.05, 3.63) is 16.7 Å². The van der Waals surface area contributed by atoms with Crippen molar-refractivity contribution in [2.75, 3.05) is 25.1 Å². The van der Waals surface area contributed by atoms with Crippen LogP contribution in [0.25, 0.3) is 0 Å². The molecule has 0 atom stereocenters. The summed E-state index contributed by atoms with van der Waals surface area (Å²) >= 11 is 3.19. The summed E-state index contributed by atoms with van der Waals surface area (Å²) in [6, 6.07) is 1.43. The zero-order valence-electron chi connectivity index (χ0n) is 10.5. The Bertz CT molecular complexity index is 621. The van der Waals surface area contributed by atoms with Crippen molar-refractivity contribution < 1.29 is 13.2 Å². The number of carbonyl (C=O) groups excluding carboxylic acids is 1. The van der Waals surface area contributed by atoms with Crippen molar-refractivity contribution in [3.63, 3.8) is 0 Å². The smallest absolute Gasteiger partial charge is 0.246 e. The quantitative estimate of drug-likeness (QED) is 0.498. The number of amides is 1. The number of hydrogen-bond donors (Lipinski definition) is 3. The first kappa shape index (κ1) is 15.2. The van der Waals surface area contributed by atoms with Gasteiger partial charge in [-0.3, -0.25) is 4.79 Å². The number of nitrogens with zero attached hydrogens (tertiary/aromatic N) is 2. The van der Waals surface area contributed by atoms with Crippen LogP contribution in [0, 0.1) is 0 Å². The molecule has 0 saturated carbocycles. The summed E-state index contributed by atoms with van der Waals surface area (Å²) in [6.07, 6.45) is 1.58. The molecule has 0 aromatic carbocycles. The van der Waals surface area contributed by atoms with Gasteiger partial charge in [-0.05, 0) is 22.0 Å². The Morgan fingerprint density at radius 2 is 2.20 bits per heavy atom. The highest BCUT2D eigenvalue weighted by molar-refractivity contribution is 9.10. The van der Waals surface area contributed by atoms with Gasteiger partial charge in [0.15, 0.2) is 5.82 Å². The SMILES string of the molecule is NNc1ncc(Br)cc1S(=O)(=O)N1CCNC(=O)CC1. The van der Waals surface area contributed by atoms with Crippen molar-refractivity contribution in [2.24, 2.45) is 5.84 Å². The van der Waals surface area contributed by atoms with E-state index in [0.29, 0.717) is 4.47 Å². The van der Waals surface area contributed by atoms with Crippen LogP contribution in [-0.4, -0.2) is 43.2 Å². The Kier molecular flexibility index (Phi) is 4.58. The summed E-state index contributed by atoms with van der Waals surface area (Å²) in [7, 11) is -3.77. The van der Waals surface area contributed by atoms with Gasteiger partial charge in [-0.25, -0.2) is 19.2 Å². The van der Waals surface area contributed by atoms with Gasteiger partial charge in [-0.15, -0.1) is 0 Å². The van der Waals surface area contributed by atoms with E-state index in [1.807, 2.05) is 0 Å². The highest BCUT2D eigenvalue weighted by atomic mass is 79.9. The number of nitrogen functional groups attached to an aromatic ring is 1. The average Bonchev–Trinajstić information content (AvgIpc) is 2.64. The van der Waals surface area contributed by atoms with E-state index in [1.54, 1.807) is 0 Å². The topological polar surface area (TPSA) is 117 Å². The third-order valence-corrected chi connectivity index (χ3v) is 5.19. The molecule has 0 radical (unpaired) electrons. The lowest BCUT2D eigenvalue weighted by molar-refractivity contribution is -0.120. The molecular weight excluding hydrogens is 350 g/mol. The number of aromatic nitrogens is 1. The minimum absolute atomic E-state index is 0.0243. The first-order valence-corrected chi connectivity index (χ1v) is 8.07. The van der Waals surface area contributed by atoms with Crippen LogP contribution in [-0.2, 0) is 14.8 Å². The molecule has 1 saturated heterocycles. The van der Waals surface area contributed by atoms with Gasteiger partial charge in [0, 0.05) is 36.7 Å². The Morgan fingerprint density at radius 3 is 2.90 bits per heavy atom. The maximum absolute atomic E-state index is 12.6. The van der Waals surface area contributed by atoms with E-state index in [4.69, 9.17) is 5.84 Å². The molecule has 2 rings (SSSR count). The van der Waals surface area contributed by atoms with Crippen molar-refractivity contribution >= 4 is 37.7 Å². The summed E-state index contributed by atoms with van der Waals surface area (Å²) in [4.78, 5) is 15.2. The fourth-order valence-corrected chi connectivity index (χ4v) is 3.91. The number of hydrazine groups is 1. The number of carbonyl (C=O) groups is 1. The van der Waals surface area contributed by atoms with E-state index in [0.717, 1.165) is 0 Å². The zero-order chi connectivity index (χ0) is 14.8. The maximum Gasteiger partial charge on any atom is 0.246 e. The number of sulfonamides is 1. The lowest BCUT2D eigenvalue weighted by Crippen LogP contribution is -2.35. The number of halogens is 1. The third-order valence-electron chi connectivity index (χ3n) is 2.85. The summed E-state index contributed by atoms with van der Waals surface area (Å²) < 4.78 is 27.0. The fourth-order valence-electron chi connectivity index (χ4n) is 1.85. The second kappa shape index (κ2) is 6.04. The van der Waals surface area contributed by atoms with E-state index < -0.39 is 10.0 Å². The number of rotatable bonds is 3. The summed E-state index contributed by atoms with van der Waals surface area (Å²) in [6.45, 7) is 0.625. The van der Waals surface area contributed by atoms with Crippen LogP contribution in [0.15, 0.2) is 21.6 Å². The Hall–Kier alpha value is -1.23. The molecule has 0 aliphatic carbocycles. The molecule has 1 aromatic heterocycles. The van der Waals surface area contributed by atoms with Crippen LogP contribution in [0.3, 0.4) is 0 Å². The monoisotopic (exact) mass is 363 g/mol. The molecule has 8 nitrogen and oxygen atoms in total. The normalized spacial score (nSPS) is 17.4. The molecule has 1 aliphatic rings. The zero-order valence-corrected chi connectivity index (χ0v) is 12.9. The van der Waals surface area contributed by atoms with Crippen molar-refractivity contribution in [1.82, 2.24) is 14.6 Å². The highest BCUT2D eigenvalue weighted by Gasteiger charge is 2.29. The van der Waals surface area contributed by atoms with Gasteiger partial charge >= 0.3 is 0 Å². The molecule has 1 amide bonds. The minimum atomic E-state index is -3.77. The molecule has 110 valence electrons. The Morgan fingerprint density at radius 1 is 1.45 bits per heavy atom. The number of nitrogens with two attached hydrogens (primary N) is 1. The molecule has 0 unspecified atom stereocenters. The summed E-state index contributed by atoms with van der Waals surface area (Å²) in [5.74, 6) is 5.21. The molecular formula is C10H14BrN5O3S. The van der Waals surface area contributed by atoms with Crippen LogP contribution >= 0.6 is 15.9 Å². The van der Waals surface area contributed by atoms with Crippen LogP contribution < -0.4 is 16.6 Å². The van der Waals surface area contributed by atoms with Crippen LogP contribution in [0.2, 0.25) is 0 Å². The lowest BCUT2D eigenvalue weighted by Gasteiger charge is -2.20. The van der Waals surface area contributed by atoms with Crippen molar-refractivity contribution in [2.45, 2.75) is 11.3 Å². The van der Waals surface area contributed by atoms with Gasteiger partial charge < -0.3 is 10.7 Å². The van der Waals surface area contributed by atoms with E-state index in [-0.39, 0.29) is 42.7 Å². The Labute approximate surface area is 124 Å². The lowest BCUT2D eigenvalue weighted by atomic mass is 10.4. The molecule has 4 N–H and O–H groups in total. The number of pyridine rings is 1. The van der Waals surface area contributed by atoms with E-state index in [2.05, 4.69) is 31.7 Å². The number of nitrogens with one attached hydrogen (secondary N) is 2. The first-order chi connectivity index (χ1) is 9.45. The highest BCUT2D eigenvalue weighted by Crippen LogP contribution is 2.25. The molecule has 1 aromatic rings. The van der Waals surface area contributed by atoms with Crippen molar-refractivity contribution in [3.8, 4) is 0 Å².